The number of carbonyl (C=O) groups excluding carboxylic acids is 1. The van der Waals surface area contributed by atoms with E-state index in [1.807, 2.05) is 15.9 Å². The van der Waals surface area contributed by atoms with Crippen molar-refractivity contribution in [1.29, 1.82) is 5.26 Å². The number of hydrogen-bond acceptors (Lipinski definition) is 8. The van der Waals surface area contributed by atoms with Crippen molar-refractivity contribution in [2.45, 2.75) is 4.90 Å². The van der Waals surface area contributed by atoms with Crippen LogP contribution in [0.15, 0.2) is 59.4 Å². The van der Waals surface area contributed by atoms with Gasteiger partial charge >= 0.3 is 0 Å². The molecule has 0 unspecified atom stereocenters. The van der Waals surface area contributed by atoms with Crippen LogP contribution < -0.4 is 15.4 Å². The van der Waals surface area contributed by atoms with E-state index in [0.29, 0.717) is 37.8 Å². The van der Waals surface area contributed by atoms with Crippen LogP contribution in [0.25, 0.3) is 0 Å². The van der Waals surface area contributed by atoms with E-state index in [9.17, 15) is 18.5 Å². The van der Waals surface area contributed by atoms with Gasteiger partial charge in [0.2, 0.25) is 16.0 Å². The van der Waals surface area contributed by atoms with E-state index in [4.69, 9.17) is 5.14 Å². The van der Waals surface area contributed by atoms with Crippen molar-refractivity contribution in [3.63, 3.8) is 0 Å². The fraction of sp³-hybridized carbons (Fsp3) is 0.222. The highest BCUT2D eigenvalue weighted by molar-refractivity contribution is 7.89. The third kappa shape index (κ3) is 5.28. The van der Waals surface area contributed by atoms with Crippen LogP contribution in [0.2, 0.25) is 0 Å². The first-order valence-electron chi connectivity index (χ1n) is 8.69. The van der Waals surface area contributed by atoms with Gasteiger partial charge in [0.15, 0.2) is 0 Å². The van der Waals surface area contributed by atoms with E-state index in [0.717, 1.165) is 0 Å². The second-order valence-corrected chi connectivity index (χ2v) is 7.81. The van der Waals surface area contributed by atoms with Crippen LogP contribution in [-0.2, 0) is 14.8 Å². The Labute approximate surface area is 168 Å². The van der Waals surface area contributed by atoms with Gasteiger partial charge in [0.05, 0.1) is 4.90 Å². The number of benzene rings is 1. The maximum Gasteiger partial charge on any atom is 0.267 e. The normalized spacial score (nSPS) is 15.0. The molecule has 1 aromatic heterocycles. The molecule has 1 saturated heterocycles. The largest absolute Gasteiger partial charge is 0.373 e. The van der Waals surface area contributed by atoms with Crippen molar-refractivity contribution in [1.82, 2.24) is 14.9 Å². The first-order valence-corrected chi connectivity index (χ1v) is 10.2. The molecule has 11 heteroatoms. The smallest absolute Gasteiger partial charge is 0.267 e. The lowest BCUT2D eigenvalue weighted by Gasteiger charge is -2.34. The van der Waals surface area contributed by atoms with Crippen molar-refractivity contribution in [2.24, 2.45) is 5.14 Å². The fourth-order valence-corrected chi connectivity index (χ4v) is 3.27. The van der Waals surface area contributed by atoms with E-state index in [1.54, 1.807) is 18.5 Å². The standard InChI is InChI=1S/C18H19N7O3S/c19-12-14(17(26)23-15-2-4-16(5-3-15)29(20,27)28)13-24-8-10-25(11-9-24)18-21-6-1-7-22-18/h1-7,13H,8-11H2,(H,23,26)(H2,20,27,28)/b14-13-. The lowest BCUT2D eigenvalue weighted by Crippen LogP contribution is -2.45. The molecule has 0 radical (unpaired) electrons. The summed E-state index contributed by atoms with van der Waals surface area (Å²) < 4.78 is 22.6. The van der Waals surface area contributed by atoms with Gasteiger partial charge in [0.1, 0.15) is 11.6 Å². The topological polar surface area (TPSA) is 145 Å². The molecule has 1 fully saturated rings. The van der Waals surface area contributed by atoms with Gasteiger partial charge in [-0.05, 0) is 30.3 Å². The summed E-state index contributed by atoms with van der Waals surface area (Å²) in [6, 6.07) is 9.04. The Morgan fingerprint density at radius 2 is 1.76 bits per heavy atom. The molecule has 10 nitrogen and oxygen atoms in total. The van der Waals surface area contributed by atoms with Gasteiger partial charge in [-0.3, -0.25) is 4.79 Å². The van der Waals surface area contributed by atoms with E-state index in [1.165, 1.54) is 30.5 Å². The number of primary sulfonamides is 1. The predicted molar refractivity (Wildman–Crippen MR) is 106 cm³/mol. The van der Waals surface area contributed by atoms with Gasteiger partial charge in [0, 0.05) is 50.5 Å². The van der Waals surface area contributed by atoms with Crippen molar-refractivity contribution < 1.29 is 13.2 Å². The minimum absolute atomic E-state index is 0.0510. The van der Waals surface area contributed by atoms with Crippen LogP contribution in [0.1, 0.15) is 0 Å². The number of nitrogens with two attached hydrogens (primary N) is 1. The third-order valence-electron chi connectivity index (χ3n) is 4.27. The van der Waals surface area contributed by atoms with Gasteiger partial charge in [0.25, 0.3) is 5.91 Å². The van der Waals surface area contributed by atoms with Crippen molar-refractivity contribution in [3.05, 3.63) is 54.5 Å². The highest BCUT2D eigenvalue weighted by Gasteiger charge is 2.19. The maximum atomic E-state index is 12.4. The zero-order valence-electron chi connectivity index (χ0n) is 15.4. The van der Waals surface area contributed by atoms with Gasteiger partial charge in [-0.1, -0.05) is 0 Å². The van der Waals surface area contributed by atoms with Crippen LogP contribution >= 0.6 is 0 Å². The quantitative estimate of drug-likeness (QED) is 0.525. The average Bonchev–Trinajstić information content (AvgIpc) is 2.73. The van der Waals surface area contributed by atoms with Crippen molar-refractivity contribution in [2.75, 3.05) is 36.4 Å². The average molecular weight is 413 g/mol. The first-order chi connectivity index (χ1) is 13.9. The van der Waals surface area contributed by atoms with E-state index >= 15 is 0 Å². The number of carbonyl (C=O) groups is 1. The van der Waals surface area contributed by atoms with Gasteiger partial charge in [-0.2, -0.15) is 5.26 Å². The molecule has 150 valence electrons. The molecule has 1 aromatic carbocycles. The second kappa shape index (κ2) is 8.68. The van der Waals surface area contributed by atoms with E-state index < -0.39 is 15.9 Å². The molecule has 3 N–H and O–H groups in total. The van der Waals surface area contributed by atoms with Gasteiger partial charge in [-0.15, -0.1) is 0 Å². The van der Waals surface area contributed by atoms with Crippen molar-refractivity contribution >= 4 is 27.6 Å². The van der Waals surface area contributed by atoms with Crippen LogP contribution in [-0.4, -0.2) is 55.4 Å². The van der Waals surface area contributed by atoms with Crippen LogP contribution in [0.5, 0.6) is 0 Å². The Kier molecular flexibility index (Phi) is 6.06. The number of nitrogens with zero attached hydrogens (tertiary/aromatic N) is 5. The number of rotatable bonds is 5. The summed E-state index contributed by atoms with van der Waals surface area (Å²) in [7, 11) is -3.81. The summed E-state index contributed by atoms with van der Waals surface area (Å²) in [5, 5.41) is 17.0. The molecule has 29 heavy (non-hydrogen) atoms. The minimum atomic E-state index is -3.81. The number of nitrogens with one attached hydrogen (secondary N) is 1. The molecule has 0 atom stereocenters. The molecule has 0 bridgehead atoms. The van der Waals surface area contributed by atoms with Gasteiger partial charge < -0.3 is 15.1 Å². The number of anilines is 2. The summed E-state index contributed by atoms with van der Waals surface area (Å²) in [4.78, 5) is 24.7. The third-order valence-corrected chi connectivity index (χ3v) is 5.20. The molecular formula is C18H19N7O3S. The number of amides is 1. The molecule has 2 aromatic rings. The number of hydrogen-bond donors (Lipinski definition) is 2. The van der Waals surface area contributed by atoms with E-state index in [-0.39, 0.29) is 10.5 Å². The Morgan fingerprint density at radius 1 is 1.14 bits per heavy atom. The Hall–Kier alpha value is -3.49. The number of sulfonamides is 1. The van der Waals surface area contributed by atoms with Gasteiger partial charge in [-0.25, -0.2) is 23.5 Å². The SMILES string of the molecule is N#C/C(=C/N1CCN(c2ncccn2)CC1)C(=O)Nc1ccc(S(N)(=O)=O)cc1. The Balaban J connectivity index is 1.61. The predicted octanol–water partition coefficient (Wildman–Crippen LogP) is 0.292. The minimum Gasteiger partial charge on any atom is -0.373 e. The molecule has 0 saturated carbocycles. The maximum absolute atomic E-state index is 12.4. The zero-order chi connectivity index (χ0) is 20.9. The Bertz CT molecular complexity index is 1040. The highest BCUT2D eigenvalue weighted by Crippen LogP contribution is 2.15. The molecule has 3 rings (SSSR count). The number of piperazine rings is 1. The zero-order valence-corrected chi connectivity index (χ0v) is 16.2. The number of nitriles is 1. The summed E-state index contributed by atoms with van der Waals surface area (Å²) in [5.41, 5.74) is 0.305. The summed E-state index contributed by atoms with van der Waals surface area (Å²) >= 11 is 0. The van der Waals surface area contributed by atoms with Crippen LogP contribution in [0, 0.1) is 11.3 Å². The first kappa shape index (κ1) is 20.2. The lowest BCUT2D eigenvalue weighted by molar-refractivity contribution is -0.112. The summed E-state index contributed by atoms with van der Waals surface area (Å²) in [6.07, 6.45) is 4.89. The lowest BCUT2D eigenvalue weighted by atomic mass is 10.2. The molecule has 1 aliphatic heterocycles. The molecule has 1 amide bonds. The monoisotopic (exact) mass is 413 g/mol. The summed E-state index contributed by atoms with van der Waals surface area (Å²) in [6.45, 7) is 2.55. The van der Waals surface area contributed by atoms with Crippen molar-refractivity contribution in [3.8, 4) is 6.07 Å². The summed E-state index contributed by atoms with van der Waals surface area (Å²) in [5.74, 6) is 0.0713. The second-order valence-electron chi connectivity index (χ2n) is 6.25. The molecule has 2 heterocycles. The number of aromatic nitrogens is 2. The van der Waals surface area contributed by atoms with E-state index in [2.05, 4.69) is 15.3 Å². The Morgan fingerprint density at radius 3 is 2.31 bits per heavy atom. The fourth-order valence-electron chi connectivity index (χ4n) is 2.75. The van der Waals surface area contributed by atoms with Crippen LogP contribution in [0.3, 0.4) is 0 Å². The highest BCUT2D eigenvalue weighted by atomic mass is 32.2. The van der Waals surface area contributed by atoms with Crippen LogP contribution in [0.4, 0.5) is 11.6 Å². The molecule has 0 aliphatic carbocycles. The molecule has 1 aliphatic rings. The molecular weight excluding hydrogens is 394 g/mol. The molecule has 0 spiro atoms.